The second kappa shape index (κ2) is 6.56. The smallest absolute Gasteiger partial charge is 0.242 e. The van der Waals surface area contributed by atoms with Crippen molar-refractivity contribution in [2.45, 2.75) is 17.7 Å². The summed E-state index contributed by atoms with van der Waals surface area (Å²) < 4.78 is 26.9. The summed E-state index contributed by atoms with van der Waals surface area (Å²) in [5.41, 5.74) is 5.81. The molecule has 2 rings (SSSR count). The van der Waals surface area contributed by atoms with Crippen molar-refractivity contribution < 1.29 is 8.42 Å². The summed E-state index contributed by atoms with van der Waals surface area (Å²) in [7, 11) is -3.61. The van der Waals surface area contributed by atoms with E-state index in [0.29, 0.717) is 5.69 Å². The lowest BCUT2D eigenvalue weighted by Crippen LogP contribution is -2.28. The Kier molecular flexibility index (Phi) is 4.99. The second-order valence-electron chi connectivity index (χ2n) is 4.37. The number of thiocarbonyl (C=S) groups is 1. The largest absolute Gasteiger partial charge is 0.388 e. The number of nitrogens with zero attached hydrogens (tertiary/aromatic N) is 2. The Morgan fingerprint density at radius 2 is 2.24 bits per heavy atom. The van der Waals surface area contributed by atoms with Gasteiger partial charge in [0, 0.05) is 30.2 Å². The van der Waals surface area contributed by atoms with Gasteiger partial charge in [0.05, 0.1) is 10.7 Å². The van der Waals surface area contributed by atoms with Gasteiger partial charge < -0.3 is 5.73 Å². The molecule has 0 spiro atoms. The van der Waals surface area contributed by atoms with E-state index in [-0.39, 0.29) is 22.3 Å². The number of rotatable bonds is 6. The van der Waals surface area contributed by atoms with E-state index in [2.05, 4.69) is 14.7 Å². The first kappa shape index (κ1) is 16.0. The monoisotopic (exact) mass is 342 g/mol. The van der Waals surface area contributed by atoms with Crippen molar-refractivity contribution in [3.8, 4) is 0 Å². The van der Waals surface area contributed by atoms with Gasteiger partial charge in [0.2, 0.25) is 10.0 Å². The summed E-state index contributed by atoms with van der Waals surface area (Å²) in [6.45, 7) is 2.18. The van der Waals surface area contributed by atoms with Crippen LogP contribution >= 0.6 is 23.6 Å². The van der Waals surface area contributed by atoms with Crippen LogP contribution in [0.5, 0.6) is 0 Å². The summed E-state index contributed by atoms with van der Waals surface area (Å²) in [4.78, 5) is 8.30. The fraction of sp³-hybridized carbons (Fsp3) is 0.250. The molecule has 21 heavy (non-hydrogen) atoms. The number of nitrogens with two attached hydrogens (primary N) is 1. The minimum atomic E-state index is -3.61. The molecule has 1 unspecified atom stereocenters. The van der Waals surface area contributed by atoms with Crippen LogP contribution in [0, 0.1) is 0 Å². The van der Waals surface area contributed by atoms with Crippen LogP contribution in [-0.4, -0.2) is 29.9 Å². The predicted molar refractivity (Wildman–Crippen MR) is 85.8 cm³/mol. The van der Waals surface area contributed by atoms with E-state index in [1.165, 1.54) is 29.7 Å². The summed E-state index contributed by atoms with van der Waals surface area (Å²) in [6, 6.07) is 2.92. The minimum absolute atomic E-state index is 0.00336. The molecule has 9 heteroatoms. The third-order valence-electron chi connectivity index (χ3n) is 2.75. The standard InChI is InChI=1S/C12H14N4O2S3/c1-8(12-14-4-5-20-12)6-16-21(17,18)9-2-3-10(11(13)19)15-7-9/h2-5,7-8,16H,6H2,1H3,(H2,13,19). The lowest BCUT2D eigenvalue weighted by Gasteiger charge is -2.10. The van der Waals surface area contributed by atoms with Crippen molar-refractivity contribution in [3.05, 3.63) is 40.6 Å². The molecule has 112 valence electrons. The van der Waals surface area contributed by atoms with E-state index in [1.807, 2.05) is 12.3 Å². The zero-order valence-corrected chi connectivity index (χ0v) is 13.6. The molecule has 0 aromatic carbocycles. The predicted octanol–water partition coefficient (Wildman–Crippen LogP) is 1.25. The molecule has 0 aliphatic carbocycles. The van der Waals surface area contributed by atoms with Crippen LogP contribution in [0.15, 0.2) is 34.8 Å². The normalized spacial score (nSPS) is 13.0. The zero-order valence-electron chi connectivity index (χ0n) is 11.2. The van der Waals surface area contributed by atoms with Crippen LogP contribution in [0.3, 0.4) is 0 Å². The van der Waals surface area contributed by atoms with E-state index >= 15 is 0 Å². The molecule has 0 fully saturated rings. The van der Waals surface area contributed by atoms with Crippen molar-refractivity contribution >= 4 is 38.6 Å². The fourth-order valence-electron chi connectivity index (χ4n) is 1.57. The molecule has 0 bridgehead atoms. The molecule has 6 nitrogen and oxygen atoms in total. The molecular weight excluding hydrogens is 328 g/mol. The molecule has 3 N–H and O–H groups in total. The summed E-state index contributed by atoms with van der Waals surface area (Å²) in [5.74, 6) is 0.00336. The number of hydrogen-bond acceptors (Lipinski definition) is 6. The van der Waals surface area contributed by atoms with E-state index in [1.54, 1.807) is 6.20 Å². The number of aromatic nitrogens is 2. The first-order valence-corrected chi connectivity index (χ1v) is 8.82. The lowest BCUT2D eigenvalue weighted by atomic mass is 10.2. The first-order valence-electron chi connectivity index (χ1n) is 6.05. The Labute approximate surface area is 132 Å². The van der Waals surface area contributed by atoms with Crippen molar-refractivity contribution in [2.75, 3.05) is 6.54 Å². The van der Waals surface area contributed by atoms with Gasteiger partial charge in [-0.25, -0.2) is 18.1 Å². The van der Waals surface area contributed by atoms with Gasteiger partial charge in [-0.15, -0.1) is 11.3 Å². The molecule has 0 saturated carbocycles. The number of nitrogens with one attached hydrogen (secondary N) is 1. The van der Waals surface area contributed by atoms with Gasteiger partial charge in [-0.05, 0) is 12.1 Å². The molecule has 0 aliphatic rings. The maximum atomic E-state index is 12.2. The van der Waals surface area contributed by atoms with Crippen LogP contribution in [0.4, 0.5) is 0 Å². The Bertz CT molecular complexity index is 711. The fourth-order valence-corrected chi connectivity index (χ4v) is 3.46. The van der Waals surface area contributed by atoms with Crippen LogP contribution in [0.25, 0.3) is 0 Å². The van der Waals surface area contributed by atoms with Gasteiger partial charge >= 0.3 is 0 Å². The van der Waals surface area contributed by atoms with E-state index in [0.717, 1.165) is 5.01 Å². The average molecular weight is 342 g/mol. The molecule has 1 atom stereocenters. The van der Waals surface area contributed by atoms with E-state index in [9.17, 15) is 8.42 Å². The van der Waals surface area contributed by atoms with E-state index in [4.69, 9.17) is 18.0 Å². The first-order chi connectivity index (χ1) is 9.90. The van der Waals surface area contributed by atoms with Gasteiger partial charge in [0.1, 0.15) is 9.88 Å². The highest BCUT2D eigenvalue weighted by Gasteiger charge is 2.17. The Hall–Kier alpha value is -1.42. The van der Waals surface area contributed by atoms with Crippen LogP contribution < -0.4 is 10.5 Å². The highest BCUT2D eigenvalue weighted by Crippen LogP contribution is 2.17. The molecule has 0 aliphatic heterocycles. The maximum Gasteiger partial charge on any atom is 0.242 e. The third-order valence-corrected chi connectivity index (χ3v) is 5.38. The lowest BCUT2D eigenvalue weighted by molar-refractivity contribution is 0.574. The van der Waals surface area contributed by atoms with Crippen molar-refractivity contribution in [1.29, 1.82) is 0 Å². The van der Waals surface area contributed by atoms with Crippen LogP contribution in [-0.2, 0) is 10.0 Å². The van der Waals surface area contributed by atoms with Gasteiger partial charge in [-0.1, -0.05) is 19.1 Å². The number of sulfonamides is 1. The summed E-state index contributed by atoms with van der Waals surface area (Å²) in [5, 5.41) is 2.75. The maximum absolute atomic E-state index is 12.2. The highest BCUT2D eigenvalue weighted by atomic mass is 32.2. The zero-order chi connectivity index (χ0) is 15.5. The highest BCUT2D eigenvalue weighted by molar-refractivity contribution is 7.89. The van der Waals surface area contributed by atoms with Crippen molar-refractivity contribution in [1.82, 2.24) is 14.7 Å². The quantitative estimate of drug-likeness (QED) is 0.767. The average Bonchev–Trinajstić information content (AvgIpc) is 2.99. The molecular formula is C12H14N4O2S3. The SMILES string of the molecule is CC(CNS(=O)(=O)c1ccc(C(N)=S)nc1)c1nccs1. The Morgan fingerprint density at radius 1 is 1.48 bits per heavy atom. The molecule has 2 heterocycles. The molecule has 0 saturated heterocycles. The van der Waals surface area contributed by atoms with Crippen LogP contribution in [0.1, 0.15) is 23.5 Å². The Balaban J connectivity index is 2.06. The number of hydrogen-bond donors (Lipinski definition) is 2. The molecule has 0 radical (unpaired) electrons. The van der Waals surface area contributed by atoms with Crippen molar-refractivity contribution in [3.63, 3.8) is 0 Å². The van der Waals surface area contributed by atoms with Crippen molar-refractivity contribution in [2.24, 2.45) is 5.73 Å². The molecule has 2 aromatic rings. The molecule has 0 amide bonds. The summed E-state index contributed by atoms with van der Waals surface area (Å²) >= 11 is 6.27. The molecule has 2 aromatic heterocycles. The minimum Gasteiger partial charge on any atom is -0.388 e. The number of pyridine rings is 1. The topological polar surface area (TPSA) is 98.0 Å². The third kappa shape index (κ3) is 4.03. The number of thiazole rings is 1. The van der Waals surface area contributed by atoms with Crippen LogP contribution in [0.2, 0.25) is 0 Å². The Morgan fingerprint density at radius 3 is 2.76 bits per heavy atom. The van der Waals surface area contributed by atoms with Gasteiger partial charge in [0.15, 0.2) is 0 Å². The second-order valence-corrected chi connectivity index (χ2v) is 7.50. The van der Waals surface area contributed by atoms with Gasteiger partial charge in [0.25, 0.3) is 0 Å². The van der Waals surface area contributed by atoms with E-state index < -0.39 is 10.0 Å². The summed E-state index contributed by atoms with van der Waals surface area (Å²) in [6.07, 6.45) is 2.94. The van der Waals surface area contributed by atoms with Gasteiger partial charge in [-0.2, -0.15) is 0 Å². The van der Waals surface area contributed by atoms with Gasteiger partial charge in [-0.3, -0.25) is 4.98 Å².